The fourth-order valence-corrected chi connectivity index (χ4v) is 6.56. The number of rotatable bonds is 7. The van der Waals surface area contributed by atoms with Gasteiger partial charge in [0.05, 0.1) is 11.0 Å². The van der Waals surface area contributed by atoms with E-state index in [0.29, 0.717) is 12.0 Å². The molecular formula is C26H34F2N2O3S. The molecule has 2 aromatic carbocycles. The van der Waals surface area contributed by atoms with Crippen molar-refractivity contribution in [2.24, 2.45) is 0 Å². The van der Waals surface area contributed by atoms with Crippen molar-refractivity contribution in [3.8, 4) is 5.75 Å². The van der Waals surface area contributed by atoms with Gasteiger partial charge in [-0.05, 0) is 101 Å². The first-order valence-electron chi connectivity index (χ1n) is 12.2. The quantitative estimate of drug-likeness (QED) is 0.576. The number of hydrogen-bond acceptors (Lipinski definition) is 4. The molecule has 186 valence electrons. The Morgan fingerprint density at radius 1 is 0.941 bits per heavy atom. The molecule has 1 saturated heterocycles. The van der Waals surface area contributed by atoms with Crippen LogP contribution in [0.4, 0.5) is 8.78 Å². The van der Waals surface area contributed by atoms with Crippen LogP contribution in [0.3, 0.4) is 0 Å². The van der Waals surface area contributed by atoms with Crippen molar-refractivity contribution in [1.82, 2.24) is 9.62 Å². The maximum atomic E-state index is 13.5. The van der Waals surface area contributed by atoms with Crippen LogP contribution in [0.5, 0.6) is 5.75 Å². The molecule has 0 unspecified atom stereocenters. The van der Waals surface area contributed by atoms with E-state index >= 15 is 0 Å². The number of benzene rings is 2. The molecule has 1 heterocycles. The Morgan fingerprint density at radius 2 is 1.62 bits per heavy atom. The Kier molecular flexibility index (Phi) is 7.90. The smallest absolute Gasteiger partial charge is 0.240 e. The van der Waals surface area contributed by atoms with Crippen LogP contribution >= 0.6 is 0 Å². The maximum Gasteiger partial charge on any atom is 0.240 e. The molecule has 0 bridgehead atoms. The lowest BCUT2D eigenvalue weighted by atomic mass is 9.85. The van der Waals surface area contributed by atoms with Gasteiger partial charge < -0.3 is 9.64 Å². The fraction of sp³-hybridized carbons (Fsp3) is 0.538. The minimum atomic E-state index is -3.87. The van der Waals surface area contributed by atoms with E-state index in [2.05, 4.69) is 27.8 Å². The zero-order chi connectivity index (χ0) is 24.3. The highest BCUT2D eigenvalue weighted by Gasteiger charge is 2.32. The van der Waals surface area contributed by atoms with Gasteiger partial charge >= 0.3 is 0 Å². The normalized spacial score (nSPS) is 22.7. The van der Waals surface area contributed by atoms with E-state index in [1.54, 1.807) is 0 Å². The summed E-state index contributed by atoms with van der Waals surface area (Å²) in [5.74, 6) is -0.734. The summed E-state index contributed by atoms with van der Waals surface area (Å²) in [5.41, 5.74) is 1.30. The topological polar surface area (TPSA) is 58.6 Å². The van der Waals surface area contributed by atoms with Gasteiger partial charge in [0.25, 0.3) is 0 Å². The Balaban J connectivity index is 1.28. The second kappa shape index (κ2) is 10.7. The molecule has 0 atom stereocenters. The number of nitrogens with one attached hydrogen (secondary N) is 1. The average Bonchev–Trinajstić information content (AvgIpc) is 2.81. The first-order chi connectivity index (χ1) is 16.2. The molecule has 2 aliphatic rings. The third kappa shape index (κ3) is 5.96. The van der Waals surface area contributed by atoms with Gasteiger partial charge in [0.2, 0.25) is 10.0 Å². The van der Waals surface area contributed by atoms with Crippen molar-refractivity contribution in [3.63, 3.8) is 0 Å². The van der Waals surface area contributed by atoms with Crippen molar-refractivity contribution in [3.05, 3.63) is 59.7 Å². The van der Waals surface area contributed by atoms with E-state index in [1.165, 1.54) is 5.56 Å². The summed E-state index contributed by atoms with van der Waals surface area (Å²) < 4.78 is 60.5. The number of sulfonamides is 1. The SMILES string of the molecule is CC(C)Oc1ccccc1C1CCN([C@H]2CC[C@H](NS(=O)(=O)c3ccc(F)c(F)c3)CC2)CC1. The lowest BCUT2D eigenvalue weighted by Gasteiger charge is -2.41. The Bertz CT molecular complexity index is 1080. The highest BCUT2D eigenvalue weighted by Crippen LogP contribution is 2.36. The van der Waals surface area contributed by atoms with E-state index in [1.807, 2.05) is 19.9 Å². The van der Waals surface area contributed by atoms with Gasteiger partial charge in [-0.3, -0.25) is 0 Å². The monoisotopic (exact) mass is 492 g/mol. The summed E-state index contributed by atoms with van der Waals surface area (Å²) in [6, 6.07) is 11.3. The molecule has 34 heavy (non-hydrogen) atoms. The van der Waals surface area contributed by atoms with Crippen molar-refractivity contribution in [2.45, 2.75) is 81.4 Å². The van der Waals surface area contributed by atoms with Gasteiger partial charge in [-0.25, -0.2) is 21.9 Å². The third-order valence-electron chi connectivity index (χ3n) is 6.99. The number of likely N-dealkylation sites (tertiary alicyclic amines) is 1. The molecule has 2 aromatic rings. The Hall–Kier alpha value is -2.03. The summed E-state index contributed by atoms with van der Waals surface area (Å²) in [4.78, 5) is 2.31. The van der Waals surface area contributed by atoms with Crippen molar-refractivity contribution in [2.75, 3.05) is 13.1 Å². The van der Waals surface area contributed by atoms with E-state index in [0.717, 1.165) is 75.6 Å². The van der Waals surface area contributed by atoms with Crippen molar-refractivity contribution >= 4 is 10.0 Å². The molecule has 5 nitrogen and oxygen atoms in total. The number of hydrogen-bond donors (Lipinski definition) is 1. The van der Waals surface area contributed by atoms with E-state index < -0.39 is 21.7 Å². The predicted molar refractivity (Wildman–Crippen MR) is 128 cm³/mol. The molecule has 1 N–H and O–H groups in total. The number of nitrogens with zero attached hydrogens (tertiary/aromatic N) is 1. The fourth-order valence-electron chi connectivity index (χ4n) is 5.24. The molecule has 8 heteroatoms. The van der Waals surface area contributed by atoms with Crippen LogP contribution in [0.2, 0.25) is 0 Å². The van der Waals surface area contributed by atoms with E-state index in [9.17, 15) is 17.2 Å². The lowest BCUT2D eigenvalue weighted by molar-refractivity contribution is 0.115. The maximum absolute atomic E-state index is 13.5. The van der Waals surface area contributed by atoms with Crippen LogP contribution < -0.4 is 9.46 Å². The highest BCUT2D eigenvalue weighted by atomic mass is 32.2. The summed E-state index contributed by atoms with van der Waals surface area (Å²) in [7, 11) is -3.87. The summed E-state index contributed by atoms with van der Waals surface area (Å²) >= 11 is 0. The van der Waals surface area contributed by atoms with Gasteiger partial charge in [-0.1, -0.05) is 18.2 Å². The van der Waals surface area contributed by atoms with Crippen LogP contribution in [0.25, 0.3) is 0 Å². The Morgan fingerprint density at radius 3 is 2.26 bits per heavy atom. The van der Waals surface area contributed by atoms with E-state index in [-0.39, 0.29) is 17.0 Å². The van der Waals surface area contributed by atoms with Crippen LogP contribution in [0.15, 0.2) is 47.4 Å². The molecule has 2 fully saturated rings. The van der Waals surface area contributed by atoms with Crippen LogP contribution in [0.1, 0.15) is 63.9 Å². The average molecular weight is 493 g/mol. The molecule has 1 aliphatic carbocycles. The second-order valence-corrected chi connectivity index (χ2v) is 11.4. The van der Waals surface area contributed by atoms with Gasteiger partial charge in [-0.15, -0.1) is 0 Å². The number of para-hydroxylation sites is 1. The first-order valence-corrected chi connectivity index (χ1v) is 13.7. The van der Waals surface area contributed by atoms with Gasteiger partial charge in [0.1, 0.15) is 5.75 Å². The minimum Gasteiger partial charge on any atom is -0.491 e. The molecule has 0 amide bonds. The van der Waals surface area contributed by atoms with Crippen molar-refractivity contribution < 1.29 is 21.9 Å². The molecule has 1 saturated carbocycles. The zero-order valence-corrected chi connectivity index (χ0v) is 20.7. The summed E-state index contributed by atoms with van der Waals surface area (Å²) in [5, 5.41) is 0. The van der Waals surface area contributed by atoms with Crippen LogP contribution in [-0.4, -0.2) is 44.6 Å². The highest BCUT2D eigenvalue weighted by molar-refractivity contribution is 7.89. The number of piperidine rings is 1. The summed E-state index contributed by atoms with van der Waals surface area (Å²) in [6.45, 7) is 6.15. The molecule has 0 radical (unpaired) electrons. The van der Waals surface area contributed by atoms with Gasteiger partial charge in [-0.2, -0.15) is 0 Å². The van der Waals surface area contributed by atoms with Crippen LogP contribution in [0, 0.1) is 11.6 Å². The Labute approximate surface area is 201 Å². The predicted octanol–water partition coefficient (Wildman–Crippen LogP) is 5.22. The molecule has 0 spiro atoms. The molecule has 4 rings (SSSR count). The second-order valence-electron chi connectivity index (χ2n) is 9.72. The van der Waals surface area contributed by atoms with E-state index in [4.69, 9.17) is 4.74 Å². The lowest BCUT2D eigenvalue weighted by Crippen LogP contribution is -2.46. The largest absolute Gasteiger partial charge is 0.491 e. The minimum absolute atomic E-state index is 0.149. The standard InChI is InChI=1S/C26H34F2N2O3S/c1-18(2)33-26-6-4-3-5-23(26)19-13-15-30(16-14-19)21-9-7-20(8-10-21)29-34(31,32)22-11-12-24(27)25(28)17-22/h3-6,11-12,17-21,29H,7-10,13-16H2,1-2H3/t20-,21-. The zero-order valence-electron chi connectivity index (χ0n) is 19.8. The summed E-state index contributed by atoms with van der Waals surface area (Å²) in [6.07, 6.45) is 5.63. The first kappa shape index (κ1) is 25.1. The number of halogens is 2. The van der Waals surface area contributed by atoms with Crippen molar-refractivity contribution in [1.29, 1.82) is 0 Å². The molecule has 0 aromatic heterocycles. The molecular weight excluding hydrogens is 458 g/mol. The third-order valence-corrected chi connectivity index (χ3v) is 8.51. The van der Waals surface area contributed by atoms with Gasteiger partial charge in [0.15, 0.2) is 11.6 Å². The molecule has 1 aliphatic heterocycles. The van der Waals surface area contributed by atoms with Gasteiger partial charge in [0, 0.05) is 12.1 Å². The number of ether oxygens (including phenoxy) is 1. The van der Waals surface area contributed by atoms with Crippen LogP contribution in [-0.2, 0) is 10.0 Å².